The molecule has 0 aliphatic carbocycles. The van der Waals surface area contributed by atoms with Crippen molar-refractivity contribution < 1.29 is 14.0 Å². The van der Waals surface area contributed by atoms with Gasteiger partial charge in [0.15, 0.2) is 0 Å². The van der Waals surface area contributed by atoms with E-state index in [-0.39, 0.29) is 40.5 Å². The van der Waals surface area contributed by atoms with Crippen LogP contribution < -0.4 is 0 Å². The summed E-state index contributed by atoms with van der Waals surface area (Å²) in [6.45, 7) is 0. The molecular weight excluding hydrogens is 520 g/mol. The Kier molecular flexibility index (Phi) is 3.95. The molecule has 1 heteroatoms. The number of rotatable bonds is 3. The molecule has 0 saturated heterocycles. The third kappa shape index (κ3) is 3.65. The maximum atomic E-state index is 9.42. The summed E-state index contributed by atoms with van der Waals surface area (Å²) in [6, 6.07) is 35.6. The summed E-state index contributed by atoms with van der Waals surface area (Å²) < 4.78 is 67.8. The van der Waals surface area contributed by atoms with Gasteiger partial charge in [0.2, 0.25) is 0 Å². The molecule has 0 unspecified atom stereocenters. The van der Waals surface area contributed by atoms with Crippen molar-refractivity contribution in [3.05, 3.63) is 158 Å². The lowest BCUT2D eigenvalue weighted by Gasteiger charge is -2.20. The van der Waals surface area contributed by atoms with E-state index in [0.29, 0.717) is 5.56 Å². The Morgan fingerprint density at radius 2 is 1.02 bits per heavy atom. The standard InChI is InChI=1S/C42H26O/c1-2-13-28(14-3-1)40-36(24-25-38-42(40)35-20-10-11-21-37(35)43-38)41-33-18-8-6-16-31(33)39(32-17-7-9-19-34(32)41)30-23-22-27-12-4-5-15-29(27)26-30/h1-26H/i4D,5D,12D,15D,22D,23D,26D. The molecule has 9 rings (SSSR count). The van der Waals surface area contributed by atoms with Gasteiger partial charge in [0.25, 0.3) is 0 Å². The van der Waals surface area contributed by atoms with Crippen molar-refractivity contribution in [3.63, 3.8) is 0 Å². The molecule has 1 heterocycles. The number of fused-ring (bicyclic) bond motifs is 6. The van der Waals surface area contributed by atoms with Crippen molar-refractivity contribution in [2.24, 2.45) is 0 Å². The summed E-state index contributed by atoms with van der Waals surface area (Å²) in [5.74, 6) is 0. The van der Waals surface area contributed by atoms with Gasteiger partial charge in [0.05, 0.1) is 9.60 Å². The molecule has 0 N–H and O–H groups in total. The Balaban J connectivity index is 1.48. The number of para-hydroxylation sites is 1. The van der Waals surface area contributed by atoms with E-state index in [1.54, 1.807) is 0 Å². The Morgan fingerprint density at radius 1 is 0.419 bits per heavy atom. The topological polar surface area (TPSA) is 13.1 Å². The summed E-state index contributed by atoms with van der Waals surface area (Å²) in [4.78, 5) is 0. The second-order valence-corrected chi connectivity index (χ2v) is 10.7. The average Bonchev–Trinajstić information content (AvgIpc) is 3.53. The maximum absolute atomic E-state index is 9.42. The predicted molar refractivity (Wildman–Crippen MR) is 183 cm³/mol. The molecule has 43 heavy (non-hydrogen) atoms. The third-order valence-electron chi connectivity index (χ3n) is 8.31. The predicted octanol–water partition coefficient (Wildman–Crippen LogP) is 12.0. The minimum atomic E-state index is -0.487. The highest BCUT2D eigenvalue weighted by molar-refractivity contribution is 6.25. The van der Waals surface area contributed by atoms with E-state index in [4.69, 9.17) is 11.3 Å². The summed E-state index contributed by atoms with van der Waals surface area (Å²) in [5, 5.41) is 5.12. The molecule has 200 valence electrons. The van der Waals surface area contributed by atoms with Crippen LogP contribution in [-0.2, 0) is 0 Å². The fourth-order valence-corrected chi connectivity index (χ4v) is 6.52. The molecule has 9 aromatic rings. The Labute approximate surface area is 259 Å². The second-order valence-electron chi connectivity index (χ2n) is 10.7. The normalized spacial score (nSPS) is 14.0. The van der Waals surface area contributed by atoms with E-state index >= 15 is 0 Å². The molecule has 0 radical (unpaired) electrons. The lowest BCUT2D eigenvalue weighted by molar-refractivity contribution is 0.669. The Morgan fingerprint density at radius 3 is 1.74 bits per heavy atom. The molecule has 8 aromatic carbocycles. The first-order valence-corrected chi connectivity index (χ1v) is 14.2. The van der Waals surface area contributed by atoms with Crippen LogP contribution in [0.3, 0.4) is 0 Å². The van der Waals surface area contributed by atoms with E-state index in [2.05, 4.69) is 24.3 Å². The Bertz CT molecular complexity index is 2840. The molecule has 0 saturated carbocycles. The van der Waals surface area contributed by atoms with Crippen LogP contribution in [0.4, 0.5) is 0 Å². The highest BCUT2D eigenvalue weighted by Gasteiger charge is 2.22. The zero-order valence-electron chi connectivity index (χ0n) is 29.9. The third-order valence-corrected chi connectivity index (χ3v) is 8.31. The first-order chi connectivity index (χ1) is 24.3. The molecule has 0 amide bonds. The molecule has 0 aliphatic heterocycles. The molecule has 0 aliphatic rings. The summed E-state index contributed by atoms with van der Waals surface area (Å²) >= 11 is 0. The molecule has 0 spiro atoms. The van der Waals surface area contributed by atoms with Crippen LogP contribution in [0.15, 0.2) is 162 Å². The first-order valence-electron chi connectivity index (χ1n) is 17.7. The van der Waals surface area contributed by atoms with Gasteiger partial charge in [-0.2, -0.15) is 0 Å². The summed E-state index contributed by atoms with van der Waals surface area (Å²) in [7, 11) is 0. The van der Waals surface area contributed by atoms with E-state index in [1.807, 2.05) is 91.0 Å². The van der Waals surface area contributed by atoms with Crippen molar-refractivity contribution in [1.82, 2.24) is 0 Å². The minimum Gasteiger partial charge on any atom is -0.456 e. The van der Waals surface area contributed by atoms with Gasteiger partial charge in [-0.15, -0.1) is 0 Å². The number of hydrogen-bond acceptors (Lipinski definition) is 1. The van der Waals surface area contributed by atoms with Crippen LogP contribution in [0.25, 0.3) is 87.6 Å². The van der Waals surface area contributed by atoms with Crippen molar-refractivity contribution in [2.45, 2.75) is 0 Å². The van der Waals surface area contributed by atoms with Gasteiger partial charge in [-0.25, -0.2) is 0 Å². The van der Waals surface area contributed by atoms with Crippen LogP contribution in [0.5, 0.6) is 0 Å². The molecule has 0 bridgehead atoms. The Hall–Kier alpha value is -5.66. The van der Waals surface area contributed by atoms with Crippen molar-refractivity contribution in [3.8, 4) is 33.4 Å². The van der Waals surface area contributed by atoms with E-state index in [0.717, 1.165) is 65.7 Å². The van der Waals surface area contributed by atoms with Crippen molar-refractivity contribution >= 4 is 54.3 Å². The van der Waals surface area contributed by atoms with Crippen LogP contribution in [0.2, 0.25) is 0 Å². The molecule has 0 fully saturated rings. The average molecular weight is 554 g/mol. The number of furan rings is 1. The van der Waals surface area contributed by atoms with Crippen LogP contribution in [-0.4, -0.2) is 0 Å². The fourth-order valence-electron chi connectivity index (χ4n) is 6.52. The maximum Gasteiger partial charge on any atom is 0.136 e. The number of hydrogen-bond donors (Lipinski definition) is 0. The van der Waals surface area contributed by atoms with Crippen LogP contribution in [0.1, 0.15) is 9.60 Å². The largest absolute Gasteiger partial charge is 0.456 e. The van der Waals surface area contributed by atoms with Crippen molar-refractivity contribution in [2.75, 3.05) is 0 Å². The summed E-state index contributed by atoms with van der Waals surface area (Å²) in [5.41, 5.74) is 6.32. The van der Waals surface area contributed by atoms with Gasteiger partial charge in [0, 0.05) is 16.3 Å². The van der Waals surface area contributed by atoms with E-state index in [1.165, 1.54) is 0 Å². The lowest BCUT2D eigenvalue weighted by Crippen LogP contribution is -1.93. The fraction of sp³-hybridized carbons (Fsp3) is 0. The van der Waals surface area contributed by atoms with Crippen LogP contribution >= 0.6 is 0 Å². The molecular formula is C42H26O. The van der Waals surface area contributed by atoms with Gasteiger partial charge < -0.3 is 4.42 Å². The van der Waals surface area contributed by atoms with Crippen molar-refractivity contribution in [1.29, 1.82) is 0 Å². The lowest BCUT2D eigenvalue weighted by atomic mass is 9.82. The minimum absolute atomic E-state index is 0.0621. The van der Waals surface area contributed by atoms with E-state index < -0.39 is 18.1 Å². The highest BCUT2D eigenvalue weighted by Crippen LogP contribution is 2.49. The summed E-state index contributed by atoms with van der Waals surface area (Å²) in [6.07, 6.45) is 0. The van der Waals surface area contributed by atoms with Gasteiger partial charge in [-0.3, -0.25) is 0 Å². The second kappa shape index (κ2) is 9.44. The molecule has 0 atom stereocenters. The van der Waals surface area contributed by atoms with Gasteiger partial charge >= 0.3 is 0 Å². The smallest absolute Gasteiger partial charge is 0.136 e. The molecule has 1 nitrogen and oxygen atoms in total. The SMILES string of the molecule is [2H]c1c([2H])c([2H])c2c([2H])c(-c3c4ccccc4c(-c4ccc5oc6ccccc6c5c4-c4ccccc4)c4ccccc34)c([2H])c([2H])c2c1[2H]. The first kappa shape index (κ1) is 18.0. The number of benzene rings is 8. The zero-order valence-corrected chi connectivity index (χ0v) is 22.9. The van der Waals surface area contributed by atoms with Gasteiger partial charge in [0.1, 0.15) is 11.2 Å². The molecule has 1 aromatic heterocycles. The van der Waals surface area contributed by atoms with Gasteiger partial charge in [-0.1, -0.05) is 133 Å². The van der Waals surface area contributed by atoms with Gasteiger partial charge in [-0.05, 0) is 84.4 Å². The van der Waals surface area contributed by atoms with Crippen LogP contribution in [0, 0.1) is 0 Å². The van der Waals surface area contributed by atoms with E-state index in [9.17, 15) is 2.74 Å². The highest BCUT2D eigenvalue weighted by atomic mass is 16.3. The monoisotopic (exact) mass is 553 g/mol. The zero-order chi connectivity index (χ0) is 34.4. The quantitative estimate of drug-likeness (QED) is 0.198.